The first-order chi connectivity index (χ1) is 8.00. The maximum atomic E-state index is 4.80. The van der Waals surface area contributed by atoms with Crippen LogP contribution >= 0.6 is 0 Å². The summed E-state index contributed by atoms with van der Waals surface area (Å²) in [7, 11) is 0. The fraction of sp³-hybridized carbons (Fsp3) is 0. The van der Waals surface area contributed by atoms with E-state index in [0.717, 1.165) is 0 Å². The van der Waals surface area contributed by atoms with E-state index >= 15 is 0 Å². The molecule has 16 heavy (non-hydrogen) atoms. The number of aromatic amines is 1. The van der Waals surface area contributed by atoms with E-state index in [1.807, 2.05) is 48.5 Å². The second-order valence-corrected chi connectivity index (χ2v) is 2.63. The predicted octanol–water partition coefficient (Wildman–Crippen LogP) is 2.77. The van der Waals surface area contributed by atoms with Gasteiger partial charge in [0.05, 0.1) is 6.20 Å². The van der Waals surface area contributed by atoms with Gasteiger partial charge in [0.25, 0.3) is 0 Å². The van der Waals surface area contributed by atoms with Crippen LogP contribution in [-0.4, -0.2) is 15.6 Å². The predicted molar refractivity (Wildman–Crippen MR) is 61.5 cm³/mol. The van der Waals surface area contributed by atoms with Crippen molar-refractivity contribution in [1.29, 1.82) is 0 Å². The minimum atomic E-state index is 1.47. The topological polar surface area (TPSA) is 54.7 Å². The summed E-state index contributed by atoms with van der Waals surface area (Å²) in [5.74, 6) is 0. The first-order valence-corrected chi connectivity index (χ1v) is 4.79. The lowest BCUT2D eigenvalue weighted by Gasteiger charge is -1.71. The molecule has 4 heteroatoms. The van der Waals surface area contributed by atoms with Crippen LogP contribution in [-0.2, 0) is 0 Å². The molecule has 0 atom stereocenters. The average molecular weight is 215 g/mol. The molecule has 82 valence electrons. The molecule has 1 heterocycles. The van der Waals surface area contributed by atoms with Crippen molar-refractivity contribution in [3.63, 3.8) is 0 Å². The quantitative estimate of drug-likeness (QED) is 0.724. The Labute approximate surface area is 93.9 Å². The van der Waals surface area contributed by atoms with Gasteiger partial charge in [0.2, 0.25) is 0 Å². The largest absolute Gasteiger partial charge is 0.372 e. The zero-order valence-corrected chi connectivity index (χ0v) is 8.73. The smallest absolute Gasteiger partial charge is 0.121 e. The van der Waals surface area contributed by atoms with E-state index in [1.54, 1.807) is 18.3 Å². The number of H-pyrrole nitrogens is 1. The number of nitrogens with zero attached hydrogens (tertiary/aromatic N) is 2. The average Bonchev–Trinajstić information content (AvgIpc) is 2.29. The molecule has 0 bridgehead atoms. The Morgan fingerprint density at radius 2 is 1.25 bits per heavy atom. The fourth-order valence-corrected chi connectivity index (χ4v) is 0.797. The molecule has 1 aromatic heterocycles. The number of hydrogen-bond acceptors (Lipinski definition) is 3. The van der Waals surface area contributed by atoms with E-state index in [1.165, 1.54) is 6.26 Å². The van der Waals surface area contributed by atoms with Crippen molar-refractivity contribution in [2.45, 2.75) is 0 Å². The lowest BCUT2D eigenvalue weighted by atomic mass is 10.4. The molecule has 0 spiro atoms. The van der Waals surface area contributed by atoms with Crippen molar-refractivity contribution in [1.82, 2.24) is 15.6 Å². The Morgan fingerprint density at radius 1 is 0.688 bits per heavy atom. The lowest BCUT2D eigenvalue weighted by molar-refractivity contribution is 0.356. The monoisotopic (exact) mass is 215 g/mol. The molecular weight excluding hydrogens is 202 g/mol. The van der Waals surface area contributed by atoms with Crippen LogP contribution in [0.2, 0.25) is 0 Å². The molecule has 0 fully saturated rings. The van der Waals surface area contributed by atoms with Gasteiger partial charge in [0.15, 0.2) is 0 Å². The lowest BCUT2D eigenvalue weighted by Crippen LogP contribution is -1.74. The van der Waals surface area contributed by atoms with E-state index < -0.39 is 0 Å². The van der Waals surface area contributed by atoms with Crippen molar-refractivity contribution in [2.75, 3.05) is 0 Å². The number of rotatable bonds is 0. The van der Waals surface area contributed by atoms with Crippen LogP contribution in [0.5, 0.6) is 0 Å². The van der Waals surface area contributed by atoms with Gasteiger partial charge in [-0.2, -0.15) is 0 Å². The molecule has 0 aliphatic rings. The summed E-state index contributed by atoms with van der Waals surface area (Å²) in [4.78, 5) is 0. The Kier molecular flexibility index (Phi) is 6.74. The van der Waals surface area contributed by atoms with Gasteiger partial charge in [-0.05, 0) is 17.3 Å². The SMILES string of the molecule is c1cccccco[nH]nnccccc1. The van der Waals surface area contributed by atoms with Crippen LogP contribution in [0.4, 0.5) is 0 Å². The normalized spacial score (nSPS) is 8.00. The van der Waals surface area contributed by atoms with E-state index in [0.29, 0.717) is 0 Å². The molecule has 0 radical (unpaired) electrons. The summed E-state index contributed by atoms with van der Waals surface area (Å²) in [5.41, 5.74) is 0. The molecule has 0 aliphatic heterocycles. The van der Waals surface area contributed by atoms with Gasteiger partial charge in [-0.1, -0.05) is 48.5 Å². The highest BCUT2D eigenvalue weighted by atomic mass is 16.5. The first-order valence-electron chi connectivity index (χ1n) is 4.79. The van der Waals surface area contributed by atoms with Gasteiger partial charge < -0.3 is 4.52 Å². The third-order valence-electron chi connectivity index (χ3n) is 1.45. The summed E-state index contributed by atoms with van der Waals surface area (Å²) < 4.78 is 4.80. The molecule has 4 nitrogen and oxygen atoms in total. The van der Waals surface area contributed by atoms with Crippen molar-refractivity contribution in [3.8, 4) is 0 Å². The minimum absolute atomic E-state index is 1.47. The third-order valence-corrected chi connectivity index (χ3v) is 1.45. The van der Waals surface area contributed by atoms with E-state index in [-0.39, 0.29) is 0 Å². The van der Waals surface area contributed by atoms with Crippen LogP contribution in [0, 0.1) is 0 Å². The highest BCUT2D eigenvalue weighted by molar-refractivity contribution is 4.95. The number of aromatic nitrogens is 3. The third kappa shape index (κ3) is 7.08. The highest BCUT2D eigenvalue weighted by Crippen LogP contribution is 1.77. The van der Waals surface area contributed by atoms with Gasteiger partial charge >= 0.3 is 0 Å². The van der Waals surface area contributed by atoms with Gasteiger partial charge in [0, 0.05) is 0 Å². The zero-order chi connectivity index (χ0) is 11.3. The maximum absolute atomic E-state index is 4.80. The molecule has 0 saturated heterocycles. The van der Waals surface area contributed by atoms with Gasteiger partial charge in [-0.15, -0.1) is 10.4 Å². The van der Waals surface area contributed by atoms with E-state index in [4.69, 9.17) is 4.52 Å². The van der Waals surface area contributed by atoms with Crippen molar-refractivity contribution in [2.24, 2.45) is 0 Å². The molecule has 0 amide bonds. The summed E-state index contributed by atoms with van der Waals surface area (Å²) in [6.45, 7) is 0. The van der Waals surface area contributed by atoms with Gasteiger partial charge in [0.1, 0.15) is 6.26 Å². The molecule has 0 aromatic carbocycles. The molecule has 1 N–H and O–H groups in total. The summed E-state index contributed by atoms with van der Waals surface area (Å²) in [5, 5.41) is 9.49. The summed E-state index contributed by atoms with van der Waals surface area (Å²) >= 11 is 0. The zero-order valence-electron chi connectivity index (χ0n) is 8.73. The maximum Gasteiger partial charge on any atom is 0.121 e. The van der Waals surface area contributed by atoms with E-state index in [9.17, 15) is 0 Å². The fourth-order valence-electron chi connectivity index (χ4n) is 0.797. The second-order valence-electron chi connectivity index (χ2n) is 2.63. The van der Waals surface area contributed by atoms with Gasteiger partial charge in [-0.3, -0.25) is 0 Å². The van der Waals surface area contributed by atoms with Gasteiger partial charge in [-0.25, -0.2) is 0 Å². The second kappa shape index (κ2) is 9.21. The number of hydrogen-bond donors (Lipinski definition) is 1. The molecule has 0 aliphatic carbocycles. The van der Waals surface area contributed by atoms with Crippen LogP contribution in [0.1, 0.15) is 0 Å². The molecule has 1 rings (SSSR count). The molecule has 1 aromatic rings. The van der Waals surface area contributed by atoms with E-state index in [2.05, 4.69) is 15.6 Å². The Balaban J connectivity index is 3.00. The molecular formula is C12H13N3O. The molecule has 0 unspecified atom stereocenters. The van der Waals surface area contributed by atoms with Crippen molar-refractivity contribution < 1.29 is 4.52 Å². The van der Waals surface area contributed by atoms with Crippen LogP contribution in [0.25, 0.3) is 0 Å². The van der Waals surface area contributed by atoms with Crippen molar-refractivity contribution >= 4 is 0 Å². The van der Waals surface area contributed by atoms with Crippen molar-refractivity contribution in [3.05, 3.63) is 73.1 Å². The van der Waals surface area contributed by atoms with Crippen LogP contribution in [0.3, 0.4) is 0 Å². The Hall–Kier alpha value is -2.36. The first kappa shape index (κ1) is 11.7. The number of nitrogens with one attached hydrogen (secondary N) is 1. The van der Waals surface area contributed by atoms with Crippen LogP contribution < -0.4 is 0 Å². The molecule has 0 saturated carbocycles. The summed E-state index contributed by atoms with van der Waals surface area (Å²) in [6, 6.07) is 18.7. The standard InChI is InChI=1S/C12H13N3O/c1-2-4-6-8-10-12-16-15-14-13-11-9-7-5-3-1/h1-12H,(H,13,15). The Morgan fingerprint density at radius 3 is 1.94 bits per heavy atom. The highest BCUT2D eigenvalue weighted by Gasteiger charge is 1.59. The van der Waals surface area contributed by atoms with Crippen LogP contribution in [0.15, 0.2) is 77.6 Å². The summed E-state index contributed by atoms with van der Waals surface area (Å²) in [6.07, 6.45) is 3.01. The Bertz CT molecular complexity index is 268. The minimum Gasteiger partial charge on any atom is -0.372 e.